The van der Waals surface area contributed by atoms with Crippen LogP contribution in [0.15, 0.2) is 97.2 Å². The number of hydrogen-bond acceptors (Lipinski definition) is 11. The number of aliphatic hydroxyl groups is 2. The number of esters is 3. The van der Waals surface area contributed by atoms with E-state index in [0.717, 1.165) is 109 Å². The second kappa shape index (κ2) is 48.6. The van der Waals surface area contributed by atoms with Gasteiger partial charge in [0, 0.05) is 19.3 Å². The van der Waals surface area contributed by atoms with Crippen molar-refractivity contribution in [1.29, 1.82) is 0 Å². The van der Waals surface area contributed by atoms with E-state index in [9.17, 15) is 34.5 Å². The molecular weight excluding hydrogens is 925 g/mol. The fourth-order valence-electron chi connectivity index (χ4n) is 7.89. The predicted molar refractivity (Wildman–Crippen MR) is 294 cm³/mol. The van der Waals surface area contributed by atoms with Crippen LogP contribution in [0.5, 0.6) is 0 Å². The summed E-state index contributed by atoms with van der Waals surface area (Å²) < 4.78 is 28.3. The molecule has 73 heavy (non-hydrogen) atoms. The van der Waals surface area contributed by atoms with Crippen LogP contribution in [0.3, 0.4) is 0 Å². The zero-order chi connectivity index (χ0) is 53.3. The maximum Gasteiger partial charge on any atom is 0.335 e. The monoisotopic (exact) mass is 1020 g/mol. The number of aliphatic carboxylic acids is 1. The summed E-state index contributed by atoms with van der Waals surface area (Å²) in [6, 6.07) is 0. The Labute approximate surface area is 441 Å². The van der Waals surface area contributed by atoms with Crippen molar-refractivity contribution in [3.8, 4) is 0 Å². The number of ether oxygens (including phenoxy) is 5. The summed E-state index contributed by atoms with van der Waals surface area (Å²) >= 11 is 0. The Bertz CT molecular complexity index is 1640. The van der Waals surface area contributed by atoms with Gasteiger partial charge in [-0.15, -0.1) is 0 Å². The highest BCUT2D eigenvalue weighted by atomic mass is 16.7. The van der Waals surface area contributed by atoms with Gasteiger partial charge < -0.3 is 39.0 Å². The van der Waals surface area contributed by atoms with Crippen LogP contribution in [0.1, 0.15) is 213 Å². The number of carbonyl (C=O) groups excluding carboxylic acids is 3. The lowest BCUT2D eigenvalue weighted by Crippen LogP contribution is -2.61. The average Bonchev–Trinajstić information content (AvgIpc) is 3.37. The molecule has 1 fully saturated rings. The normalized spacial score (nSPS) is 19.1. The maximum absolute atomic E-state index is 13.1. The molecular formula is C61H98O12. The third-order valence-electron chi connectivity index (χ3n) is 12.2. The molecule has 414 valence electrons. The second-order valence-corrected chi connectivity index (χ2v) is 18.8. The molecule has 1 aliphatic heterocycles. The van der Waals surface area contributed by atoms with Crippen molar-refractivity contribution in [2.45, 2.75) is 250 Å². The predicted octanol–water partition coefficient (Wildman–Crippen LogP) is 14.1. The molecule has 1 aliphatic rings. The van der Waals surface area contributed by atoms with E-state index in [1.165, 1.54) is 38.5 Å². The molecule has 1 heterocycles. The van der Waals surface area contributed by atoms with Crippen LogP contribution in [-0.2, 0) is 42.9 Å². The van der Waals surface area contributed by atoms with Gasteiger partial charge in [-0.25, -0.2) is 4.79 Å². The van der Waals surface area contributed by atoms with E-state index in [2.05, 4.69) is 112 Å². The SMILES string of the molecule is CC/C=C\C/C=C\C/C=C\C/C=C\C/C=C\CCCC(=O)OCC(COC1OC(C(=O)O)C(O)C(O)C1OC(=O)CCCCCCCCCCCCC)OC(=O)CCCCCCC/C=C\C/C=C\C/C=C\CC. The van der Waals surface area contributed by atoms with Gasteiger partial charge in [-0.05, 0) is 89.9 Å². The molecule has 12 heteroatoms. The minimum atomic E-state index is -1.91. The van der Waals surface area contributed by atoms with Gasteiger partial charge in [-0.2, -0.15) is 0 Å². The number of carboxylic acids is 1. The molecule has 3 N–H and O–H groups in total. The fraction of sp³-hybridized carbons (Fsp3) is 0.672. The number of carboxylic acid groups (broad SMARTS) is 1. The van der Waals surface area contributed by atoms with Crippen molar-refractivity contribution in [2.24, 2.45) is 0 Å². The van der Waals surface area contributed by atoms with Crippen LogP contribution >= 0.6 is 0 Å². The van der Waals surface area contributed by atoms with Gasteiger partial charge in [-0.3, -0.25) is 14.4 Å². The first-order valence-corrected chi connectivity index (χ1v) is 28.2. The van der Waals surface area contributed by atoms with Gasteiger partial charge in [0.1, 0.15) is 18.8 Å². The Kier molecular flexibility index (Phi) is 44.4. The summed E-state index contributed by atoms with van der Waals surface area (Å²) in [7, 11) is 0. The Morgan fingerprint density at radius 1 is 0.466 bits per heavy atom. The molecule has 0 saturated carbocycles. The first-order chi connectivity index (χ1) is 35.6. The van der Waals surface area contributed by atoms with Gasteiger partial charge >= 0.3 is 23.9 Å². The van der Waals surface area contributed by atoms with Crippen LogP contribution in [0.25, 0.3) is 0 Å². The number of unbranched alkanes of at least 4 members (excludes halogenated alkanes) is 16. The van der Waals surface area contributed by atoms with Gasteiger partial charge in [-0.1, -0.05) is 201 Å². The zero-order valence-corrected chi connectivity index (χ0v) is 45.3. The van der Waals surface area contributed by atoms with E-state index in [4.69, 9.17) is 23.7 Å². The number of carbonyl (C=O) groups is 4. The molecule has 0 aromatic carbocycles. The summed E-state index contributed by atoms with van der Waals surface area (Å²) in [4.78, 5) is 51.0. The minimum Gasteiger partial charge on any atom is -0.479 e. The molecule has 0 radical (unpaired) electrons. The Hall–Kier alpha value is -4.36. The molecule has 0 aromatic heterocycles. The second-order valence-electron chi connectivity index (χ2n) is 18.8. The van der Waals surface area contributed by atoms with Crippen molar-refractivity contribution >= 4 is 23.9 Å². The molecule has 0 bridgehead atoms. The number of allylic oxidation sites excluding steroid dienone is 16. The summed E-state index contributed by atoms with van der Waals surface area (Å²) in [6.07, 6.45) is 51.1. The van der Waals surface area contributed by atoms with E-state index < -0.39 is 67.3 Å². The van der Waals surface area contributed by atoms with Crippen LogP contribution in [0, 0.1) is 0 Å². The van der Waals surface area contributed by atoms with Gasteiger partial charge in [0.15, 0.2) is 24.6 Å². The minimum absolute atomic E-state index is 0.0508. The van der Waals surface area contributed by atoms with Crippen molar-refractivity contribution < 1.29 is 58.2 Å². The molecule has 6 unspecified atom stereocenters. The Morgan fingerprint density at radius 3 is 1.36 bits per heavy atom. The Morgan fingerprint density at radius 2 is 0.877 bits per heavy atom. The highest BCUT2D eigenvalue weighted by Crippen LogP contribution is 2.26. The lowest BCUT2D eigenvalue weighted by molar-refractivity contribution is -0.301. The highest BCUT2D eigenvalue weighted by molar-refractivity contribution is 5.74. The van der Waals surface area contributed by atoms with E-state index >= 15 is 0 Å². The summed E-state index contributed by atoms with van der Waals surface area (Å²) in [5.74, 6) is -3.23. The molecule has 1 saturated heterocycles. The molecule has 0 aliphatic carbocycles. The number of aliphatic hydroxyl groups excluding tert-OH is 2. The molecule has 0 aromatic rings. The van der Waals surface area contributed by atoms with Crippen LogP contribution in [0.4, 0.5) is 0 Å². The molecule has 0 spiro atoms. The van der Waals surface area contributed by atoms with E-state index in [0.29, 0.717) is 25.7 Å². The first-order valence-electron chi connectivity index (χ1n) is 28.2. The third kappa shape index (κ3) is 38.8. The van der Waals surface area contributed by atoms with Crippen molar-refractivity contribution in [3.63, 3.8) is 0 Å². The quantitative estimate of drug-likeness (QED) is 0.0228. The van der Waals surface area contributed by atoms with E-state index in [1.54, 1.807) is 0 Å². The Balaban J connectivity index is 2.76. The number of rotatable bonds is 46. The standard InChI is InChI=1S/C61H98O12/c1-4-7-10-13-16-19-22-24-26-27-29-30-33-35-38-41-44-47-53(62)69-50-52(71-54(63)48-45-42-39-37-34-31-28-25-23-20-17-14-11-8-5-2)51-70-61-59(57(66)56(65)58(73-61)60(67)68)72-55(64)49-46-43-40-36-32-21-18-15-12-9-6-3/h7-8,10-11,16-17,19-20,24-26,28-30,35,38,52,56-59,61,65-66H,4-6,9,12-15,18,21-23,27,31-34,36-37,39-51H2,1-3H3,(H,67,68)/b10-7-,11-8-,19-16-,20-17-,26-24-,28-25-,30-29-,38-35-. The maximum atomic E-state index is 13.1. The largest absolute Gasteiger partial charge is 0.479 e. The zero-order valence-electron chi connectivity index (χ0n) is 45.3. The summed E-state index contributed by atoms with van der Waals surface area (Å²) in [5, 5.41) is 31.4. The first kappa shape index (κ1) is 66.7. The molecule has 12 nitrogen and oxygen atoms in total. The lowest BCUT2D eigenvalue weighted by Gasteiger charge is -2.40. The van der Waals surface area contributed by atoms with Crippen LogP contribution < -0.4 is 0 Å². The third-order valence-corrected chi connectivity index (χ3v) is 12.2. The highest BCUT2D eigenvalue weighted by Gasteiger charge is 2.50. The topological polar surface area (TPSA) is 175 Å². The van der Waals surface area contributed by atoms with Crippen molar-refractivity contribution in [3.05, 3.63) is 97.2 Å². The lowest BCUT2D eigenvalue weighted by atomic mass is 9.98. The molecule has 1 rings (SSSR count). The van der Waals surface area contributed by atoms with Crippen LogP contribution in [0.2, 0.25) is 0 Å². The smallest absolute Gasteiger partial charge is 0.335 e. The van der Waals surface area contributed by atoms with Gasteiger partial charge in [0.05, 0.1) is 6.61 Å². The van der Waals surface area contributed by atoms with Gasteiger partial charge in [0.25, 0.3) is 0 Å². The van der Waals surface area contributed by atoms with E-state index in [-0.39, 0.29) is 25.9 Å². The number of hydrogen-bond donors (Lipinski definition) is 3. The molecule has 6 atom stereocenters. The van der Waals surface area contributed by atoms with E-state index in [1.807, 2.05) is 6.08 Å². The average molecular weight is 1020 g/mol. The van der Waals surface area contributed by atoms with Crippen molar-refractivity contribution in [2.75, 3.05) is 13.2 Å². The summed E-state index contributed by atoms with van der Waals surface area (Å²) in [6.45, 7) is 5.67. The fourth-order valence-corrected chi connectivity index (χ4v) is 7.89. The molecule has 0 amide bonds. The van der Waals surface area contributed by atoms with Crippen molar-refractivity contribution in [1.82, 2.24) is 0 Å². The van der Waals surface area contributed by atoms with Crippen LogP contribution in [-0.4, -0.2) is 89.2 Å². The summed E-state index contributed by atoms with van der Waals surface area (Å²) in [5.41, 5.74) is 0. The van der Waals surface area contributed by atoms with Gasteiger partial charge in [0.2, 0.25) is 0 Å².